The highest BCUT2D eigenvalue weighted by Gasteiger charge is 2.28. The van der Waals surface area contributed by atoms with E-state index in [0.717, 1.165) is 24.3 Å². The summed E-state index contributed by atoms with van der Waals surface area (Å²) < 4.78 is 67.2. The van der Waals surface area contributed by atoms with Crippen LogP contribution in [0.4, 0.5) is 19.0 Å². The molecule has 0 aliphatic carbocycles. The molecule has 0 aliphatic rings. The molecule has 1 amide bonds. The van der Waals surface area contributed by atoms with Crippen molar-refractivity contribution >= 4 is 21.7 Å². The summed E-state index contributed by atoms with van der Waals surface area (Å²) in [4.78, 5) is 11.4. The second-order valence-corrected chi connectivity index (χ2v) is 6.43. The lowest BCUT2D eigenvalue weighted by Crippen LogP contribution is -2.33. The first-order valence-corrected chi connectivity index (χ1v) is 7.96. The number of nitrogens with zero attached hydrogens (tertiary/aromatic N) is 1. The Bertz CT molecular complexity index is 829. The number of aromatic nitrogens is 1. The fraction of sp³-hybridized carbons (Fsp3) is 0.231. The number of sulfonamides is 1. The van der Waals surface area contributed by atoms with Crippen LogP contribution in [0.15, 0.2) is 39.8 Å². The van der Waals surface area contributed by atoms with Gasteiger partial charge in [0, 0.05) is 11.6 Å². The molecule has 2 rings (SSSR count). The van der Waals surface area contributed by atoms with Crippen molar-refractivity contribution in [1.82, 2.24) is 10.5 Å². The summed E-state index contributed by atoms with van der Waals surface area (Å²) in [6, 6.07) is 5.77. The minimum absolute atomic E-state index is 0.0144. The molecule has 0 unspecified atom stereocenters. The molecule has 0 saturated heterocycles. The first kappa shape index (κ1) is 17.8. The molecular weight excluding hydrogens is 351 g/mol. The Balaban J connectivity index is 2.09. The molecule has 0 aliphatic heterocycles. The number of amides is 1. The number of anilines is 1. The molecule has 0 saturated carbocycles. The fourth-order valence-corrected chi connectivity index (χ4v) is 2.66. The molecule has 1 aromatic carbocycles. The van der Waals surface area contributed by atoms with Crippen molar-refractivity contribution in [2.45, 2.75) is 18.0 Å². The molecule has 11 heteroatoms. The topological polar surface area (TPSA) is 101 Å². The van der Waals surface area contributed by atoms with Crippen molar-refractivity contribution in [3.8, 4) is 0 Å². The number of rotatable bonds is 5. The Morgan fingerprint density at radius 2 is 1.88 bits per heavy atom. The number of hydrogen-bond donors (Lipinski definition) is 2. The number of benzene rings is 1. The quantitative estimate of drug-likeness (QED) is 0.847. The molecule has 0 radical (unpaired) electrons. The Morgan fingerprint density at radius 3 is 2.38 bits per heavy atom. The van der Waals surface area contributed by atoms with Crippen LogP contribution in [0.5, 0.6) is 0 Å². The number of carbonyl (C=O) groups excluding carboxylic acids is 1. The van der Waals surface area contributed by atoms with Gasteiger partial charge in [-0.05, 0) is 31.2 Å². The van der Waals surface area contributed by atoms with Gasteiger partial charge in [-0.15, -0.1) is 0 Å². The molecular formula is C13H12F3N3O4S. The van der Waals surface area contributed by atoms with Crippen molar-refractivity contribution in [3.05, 3.63) is 41.7 Å². The molecule has 0 fully saturated rings. The lowest BCUT2D eigenvalue weighted by molar-refractivity contribution is -0.123. The number of carbonyl (C=O) groups is 1. The minimum atomic E-state index is -4.53. The summed E-state index contributed by atoms with van der Waals surface area (Å²) in [7, 11) is -3.96. The van der Waals surface area contributed by atoms with E-state index in [1.54, 1.807) is 12.2 Å². The van der Waals surface area contributed by atoms with Crippen molar-refractivity contribution in [2.24, 2.45) is 0 Å². The third-order valence-electron chi connectivity index (χ3n) is 2.74. The van der Waals surface area contributed by atoms with Gasteiger partial charge in [0.2, 0.25) is 0 Å². The highest BCUT2D eigenvalue weighted by atomic mass is 32.2. The van der Waals surface area contributed by atoms with Crippen LogP contribution in [0.3, 0.4) is 0 Å². The number of nitrogens with one attached hydrogen (secondary N) is 2. The van der Waals surface area contributed by atoms with E-state index >= 15 is 0 Å². The van der Waals surface area contributed by atoms with Crippen molar-refractivity contribution in [3.63, 3.8) is 0 Å². The number of alkyl halides is 3. The van der Waals surface area contributed by atoms with E-state index in [9.17, 15) is 26.4 Å². The van der Waals surface area contributed by atoms with Crippen LogP contribution in [-0.2, 0) is 10.0 Å². The summed E-state index contributed by atoms with van der Waals surface area (Å²) in [6.07, 6.45) is -4.53. The maximum atomic E-state index is 12.1. The zero-order valence-corrected chi connectivity index (χ0v) is 13.0. The third kappa shape index (κ3) is 4.72. The Labute approximate surface area is 134 Å². The van der Waals surface area contributed by atoms with Gasteiger partial charge in [-0.2, -0.15) is 13.2 Å². The molecule has 1 aromatic heterocycles. The first-order chi connectivity index (χ1) is 11.1. The van der Waals surface area contributed by atoms with Crippen LogP contribution in [0.1, 0.15) is 16.1 Å². The van der Waals surface area contributed by atoms with Crippen molar-refractivity contribution in [1.29, 1.82) is 0 Å². The van der Waals surface area contributed by atoms with Crippen LogP contribution in [0.2, 0.25) is 0 Å². The van der Waals surface area contributed by atoms with E-state index in [1.807, 2.05) is 0 Å². The molecule has 130 valence electrons. The van der Waals surface area contributed by atoms with E-state index in [0.29, 0.717) is 5.76 Å². The zero-order valence-electron chi connectivity index (χ0n) is 12.2. The summed E-state index contributed by atoms with van der Waals surface area (Å²) in [5.74, 6) is -0.569. The predicted octanol–water partition coefficient (Wildman–Crippen LogP) is 2.08. The third-order valence-corrected chi connectivity index (χ3v) is 4.11. The lowest BCUT2D eigenvalue weighted by atomic mass is 10.2. The zero-order chi connectivity index (χ0) is 18.0. The van der Waals surface area contributed by atoms with Gasteiger partial charge >= 0.3 is 6.18 Å². The maximum Gasteiger partial charge on any atom is 0.405 e. The second-order valence-electron chi connectivity index (χ2n) is 4.75. The van der Waals surface area contributed by atoms with E-state index < -0.39 is 28.7 Å². The SMILES string of the molecule is Cc1cc(NS(=O)(=O)c2ccc(C(=O)NCC(F)(F)F)cc2)no1. The molecule has 0 bridgehead atoms. The lowest BCUT2D eigenvalue weighted by Gasteiger charge is -2.09. The second kappa shape index (κ2) is 6.51. The summed E-state index contributed by atoms with van der Waals surface area (Å²) in [5.41, 5.74) is -0.101. The fourth-order valence-electron chi connectivity index (χ4n) is 1.68. The van der Waals surface area contributed by atoms with Crippen LogP contribution in [0, 0.1) is 6.92 Å². The first-order valence-electron chi connectivity index (χ1n) is 6.48. The monoisotopic (exact) mass is 363 g/mol. The smallest absolute Gasteiger partial charge is 0.360 e. The molecule has 2 N–H and O–H groups in total. The average Bonchev–Trinajstić information content (AvgIpc) is 2.88. The van der Waals surface area contributed by atoms with E-state index in [1.165, 1.54) is 6.07 Å². The van der Waals surface area contributed by atoms with Gasteiger partial charge < -0.3 is 9.84 Å². The van der Waals surface area contributed by atoms with Gasteiger partial charge in [-0.25, -0.2) is 8.42 Å². The molecule has 24 heavy (non-hydrogen) atoms. The van der Waals surface area contributed by atoms with Gasteiger partial charge in [0.05, 0.1) is 4.90 Å². The number of halogens is 3. The Kier molecular flexibility index (Phi) is 4.83. The van der Waals surface area contributed by atoms with Gasteiger partial charge in [0.15, 0.2) is 5.82 Å². The molecule has 7 nitrogen and oxygen atoms in total. The van der Waals surface area contributed by atoms with Gasteiger partial charge in [0.25, 0.3) is 15.9 Å². The van der Waals surface area contributed by atoms with Gasteiger partial charge in [-0.1, -0.05) is 5.16 Å². The summed E-state index contributed by atoms with van der Waals surface area (Å²) in [5, 5.41) is 5.17. The average molecular weight is 363 g/mol. The largest absolute Gasteiger partial charge is 0.405 e. The highest BCUT2D eigenvalue weighted by molar-refractivity contribution is 7.92. The van der Waals surface area contributed by atoms with Crippen LogP contribution in [-0.4, -0.2) is 32.2 Å². The molecule has 2 aromatic rings. The number of aryl methyl sites for hydroxylation is 1. The summed E-state index contributed by atoms with van der Waals surface area (Å²) in [6.45, 7) is 0.109. The predicted molar refractivity (Wildman–Crippen MR) is 76.9 cm³/mol. The van der Waals surface area contributed by atoms with Crippen LogP contribution >= 0.6 is 0 Å². The van der Waals surface area contributed by atoms with E-state index in [2.05, 4.69) is 9.88 Å². The molecule has 0 atom stereocenters. The van der Waals surface area contributed by atoms with Gasteiger partial charge in [0.1, 0.15) is 12.3 Å². The summed E-state index contributed by atoms with van der Waals surface area (Å²) >= 11 is 0. The van der Waals surface area contributed by atoms with Gasteiger partial charge in [-0.3, -0.25) is 9.52 Å². The van der Waals surface area contributed by atoms with E-state index in [-0.39, 0.29) is 16.3 Å². The number of hydrogen-bond acceptors (Lipinski definition) is 5. The Hall–Kier alpha value is -2.56. The van der Waals surface area contributed by atoms with Crippen molar-refractivity contribution < 1.29 is 30.9 Å². The molecule has 1 heterocycles. The Morgan fingerprint density at radius 1 is 1.25 bits per heavy atom. The van der Waals surface area contributed by atoms with Crippen molar-refractivity contribution in [2.75, 3.05) is 11.3 Å². The standard InChI is InChI=1S/C13H12F3N3O4S/c1-8-6-11(18-23-8)19-24(21,22)10-4-2-9(3-5-10)12(20)17-7-13(14,15)16/h2-6H,7H2,1H3,(H,17,20)(H,18,19). The van der Waals surface area contributed by atoms with E-state index in [4.69, 9.17) is 4.52 Å². The maximum absolute atomic E-state index is 12.1. The highest BCUT2D eigenvalue weighted by Crippen LogP contribution is 2.17. The molecule has 0 spiro atoms. The minimum Gasteiger partial charge on any atom is -0.360 e. The van der Waals surface area contributed by atoms with Crippen LogP contribution < -0.4 is 10.0 Å². The normalized spacial score (nSPS) is 12.0. The van der Waals surface area contributed by atoms with Crippen LogP contribution in [0.25, 0.3) is 0 Å².